The molecule has 0 amide bonds. The Balaban J connectivity index is 1.66. The highest BCUT2D eigenvalue weighted by Gasteiger charge is 2.57. The zero-order valence-corrected chi connectivity index (χ0v) is 19.1. The molecule has 2 aromatic carbocycles. The summed E-state index contributed by atoms with van der Waals surface area (Å²) in [4.78, 5) is 26.6. The molecule has 0 aliphatic heterocycles. The van der Waals surface area contributed by atoms with Gasteiger partial charge in [0, 0.05) is 24.1 Å². The average molecular weight is 438 g/mol. The zero-order chi connectivity index (χ0) is 23.3. The molecule has 170 valence electrons. The molecule has 4 rings (SSSR count). The van der Waals surface area contributed by atoms with E-state index in [9.17, 15) is 14.8 Å². The lowest BCUT2D eigenvalue weighted by Gasteiger charge is -2.53. The van der Waals surface area contributed by atoms with Crippen molar-refractivity contribution >= 4 is 17.4 Å². The number of carbonyl (C=O) groups excluding carboxylic acids is 2. The van der Waals surface area contributed by atoms with Gasteiger partial charge in [0.05, 0.1) is 5.41 Å². The Kier molecular flexibility index (Phi) is 5.74. The molecule has 4 unspecified atom stereocenters. The van der Waals surface area contributed by atoms with Crippen LogP contribution in [0.2, 0.25) is 0 Å². The summed E-state index contributed by atoms with van der Waals surface area (Å²) in [6, 6.07) is 12.1. The van der Waals surface area contributed by atoms with Crippen molar-refractivity contribution in [1.82, 2.24) is 0 Å². The number of nitrogens with one attached hydrogen (secondary N) is 1. The second kappa shape index (κ2) is 8.10. The first kappa shape index (κ1) is 22.6. The van der Waals surface area contributed by atoms with E-state index in [2.05, 4.69) is 32.9 Å². The van der Waals surface area contributed by atoms with Crippen LogP contribution in [0.1, 0.15) is 80.8 Å². The predicted molar refractivity (Wildman–Crippen MR) is 120 cm³/mol. The van der Waals surface area contributed by atoms with Gasteiger partial charge < -0.3 is 9.94 Å². The van der Waals surface area contributed by atoms with Gasteiger partial charge in [-0.05, 0) is 66.3 Å². The molecule has 2 aromatic rings. The Morgan fingerprint density at radius 1 is 1.16 bits per heavy atom. The first-order chi connectivity index (χ1) is 15.1. The number of esters is 1. The normalized spacial score (nSPS) is 28.1. The van der Waals surface area contributed by atoms with Crippen LogP contribution in [-0.2, 0) is 10.2 Å². The van der Waals surface area contributed by atoms with Gasteiger partial charge in [0.2, 0.25) is 0 Å². The summed E-state index contributed by atoms with van der Waals surface area (Å²) >= 11 is 0. The highest BCUT2D eigenvalue weighted by Crippen LogP contribution is 2.57. The molecule has 0 radical (unpaired) electrons. The SMILES string of the molecule is CC(C)c1ccc2c(c1)C(=O)CC1C(C)(C(=O)Oc3ccc([NH+]([O-])O)cc3)CCCC21C. The fraction of sp³-hybridized carbons (Fsp3) is 0.462. The molecule has 0 aromatic heterocycles. The van der Waals surface area contributed by atoms with Gasteiger partial charge in [-0.15, -0.1) is 0 Å². The molecule has 0 spiro atoms. The van der Waals surface area contributed by atoms with Crippen LogP contribution in [0.25, 0.3) is 0 Å². The molecule has 2 N–H and O–H groups in total. The Morgan fingerprint density at radius 3 is 2.47 bits per heavy atom. The van der Waals surface area contributed by atoms with Crippen molar-refractivity contribution in [2.75, 3.05) is 0 Å². The van der Waals surface area contributed by atoms with Crippen LogP contribution >= 0.6 is 0 Å². The van der Waals surface area contributed by atoms with Crippen LogP contribution in [0, 0.1) is 16.5 Å². The van der Waals surface area contributed by atoms with E-state index in [1.165, 1.54) is 24.3 Å². The Labute approximate surface area is 188 Å². The molecule has 6 nitrogen and oxygen atoms in total. The van der Waals surface area contributed by atoms with E-state index in [4.69, 9.17) is 9.94 Å². The molecule has 1 fully saturated rings. The summed E-state index contributed by atoms with van der Waals surface area (Å²) in [5, 5.41) is 19.1. The largest absolute Gasteiger partial charge is 0.595 e. The number of rotatable bonds is 4. The maximum atomic E-state index is 13.4. The monoisotopic (exact) mass is 437 g/mol. The van der Waals surface area contributed by atoms with E-state index in [0.29, 0.717) is 24.5 Å². The predicted octanol–water partition coefficient (Wildman–Crippen LogP) is 4.47. The van der Waals surface area contributed by atoms with Crippen molar-refractivity contribution in [2.45, 2.75) is 64.7 Å². The highest BCUT2D eigenvalue weighted by atomic mass is 16.8. The third-order valence-electron chi connectivity index (χ3n) is 7.72. The third kappa shape index (κ3) is 3.66. The van der Waals surface area contributed by atoms with Crippen LogP contribution in [0.5, 0.6) is 5.75 Å². The standard InChI is InChI=1S/C26H31NO5/c1-16(2)17-6-11-21-20(14-17)22(28)15-23-25(21,3)12-5-13-26(23,4)24(29)32-19-9-7-18(8-10-19)27(30)31/h6-11,14,16,23,27,30H,5,12-13,15H2,1-4H3. The summed E-state index contributed by atoms with van der Waals surface area (Å²) in [5.41, 5.74) is 2.06. The first-order valence-electron chi connectivity index (χ1n) is 11.3. The lowest BCUT2D eigenvalue weighted by molar-refractivity contribution is -0.991. The summed E-state index contributed by atoms with van der Waals surface area (Å²) in [7, 11) is 0. The van der Waals surface area contributed by atoms with Crippen molar-refractivity contribution in [3.8, 4) is 5.75 Å². The van der Waals surface area contributed by atoms with E-state index >= 15 is 0 Å². The second-order valence-electron chi connectivity index (χ2n) is 10.0. The van der Waals surface area contributed by atoms with Crippen molar-refractivity contribution in [3.05, 3.63) is 64.4 Å². The fourth-order valence-corrected chi connectivity index (χ4v) is 5.73. The number of Topliss-reactive ketones (excluding diaryl/α,β-unsaturated/α-hetero) is 1. The van der Waals surface area contributed by atoms with Crippen molar-refractivity contribution in [3.63, 3.8) is 0 Å². The highest BCUT2D eigenvalue weighted by molar-refractivity contribution is 6.00. The Morgan fingerprint density at radius 2 is 1.84 bits per heavy atom. The lowest BCUT2D eigenvalue weighted by atomic mass is 9.49. The van der Waals surface area contributed by atoms with Crippen LogP contribution in [-0.4, -0.2) is 17.0 Å². The van der Waals surface area contributed by atoms with Gasteiger partial charge in [-0.2, -0.15) is 5.23 Å². The van der Waals surface area contributed by atoms with E-state index < -0.39 is 10.6 Å². The quantitative estimate of drug-likeness (QED) is 0.418. The third-order valence-corrected chi connectivity index (χ3v) is 7.72. The van der Waals surface area contributed by atoms with Crippen molar-refractivity contribution < 1.29 is 24.8 Å². The topological polar surface area (TPSA) is 91.1 Å². The molecule has 1 saturated carbocycles. The average Bonchev–Trinajstić information content (AvgIpc) is 2.75. The summed E-state index contributed by atoms with van der Waals surface area (Å²) < 4.78 is 5.72. The maximum Gasteiger partial charge on any atom is 0.317 e. The second-order valence-corrected chi connectivity index (χ2v) is 10.0. The van der Waals surface area contributed by atoms with E-state index in [0.717, 1.165) is 29.5 Å². The molecule has 6 heteroatoms. The van der Waals surface area contributed by atoms with Crippen molar-refractivity contribution in [1.29, 1.82) is 0 Å². The van der Waals surface area contributed by atoms with Crippen LogP contribution in [0.15, 0.2) is 42.5 Å². The van der Waals surface area contributed by atoms with Crippen LogP contribution in [0.3, 0.4) is 0 Å². The molecular weight excluding hydrogens is 406 g/mol. The molecule has 0 saturated heterocycles. The Bertz CT molecular complexity index is 1040. The van der Waals surface area contributed by atoms with Gasteiger partial charge in [0.25, 0.3) is 0 Å². The van der Waals surface area contributed by atoms with Crippen molar-refractivity contribution in [2.24, 2.45) is 11.3 Å². The number of hydrogen-bond donors (Lipinski definition) is 2. The number of ketones is 1. The minimum atomic E-state index is -1.03. The molecule has 4 atom stereocenters. The number of ether oxygens (including phenoxy) is 1. The molecule has 2 aliphatic carbocycles. The summed E-state index contributed by atoms with van der Waals surface area (Å²) in [6.07, 6.45) is 2.78. The molecule has 0 bridgehead atoms. The number of hydrogen-bond acceptors (Lipinski definition) is 5. The number of benzene rings is 2. The fourth-order valence-electron chi connectivity index (χ4n) is 5.73. The minimum Gasteiger partial charge on any atom is -0.595 e. The smallest absolute Gasteiger partial charge is 0.317 e. The van der Waals surface area contributed by atoms with Gasteiger partial charge in [-0.1, -0.05) is 39.3 Å². The van der Waals surface area contributed by atoms with Gasteiger partial charge in [0.15, 0.2) is 11.5 Å². The van der Waals surface area contributed by atoms with E-state index in [-0.39, 0.29) is 28.8 Å². The first-order valence-corrected chi connectivity index (χ1v) is 11.3. The molecule has 0 heterocycles. The minimum absolute atomic E-state index is 0.0942. The number of carbonyl (C=O) groups is 2. The van der Waals surface area contributed by atoms with Gasteiger partial charge >= 0.3 is 5.97 Å². The van der Waals surface area contributed by atoms with E-state index in [1.54, 1.807) is 0 Å². The van der Waals surface area contributed by atoms with Crippen LogP contribution < -0.4 is 9.96 Å². The number of quaternary nitrogens is 1. The van der Waals surface area contributed by atoms with Gasteiger partial charge in [0.1, 0.15) is 5.75 Å². The summed E-state index contributed by atoms with van der Waals surface area (Å²) in [5.74, 6) is 0.248. The Hall–Kier alpha value is -2.54. The number of fused-ring (bicyclic) bond motifs is 3. The molecule has 32 heavy (non-hydrogen) atoms. The summed E-state index contributed by atoms with van der Waals surface area (Å²) in [6.45, 7) is 8.35. The molecule has 2 aliphatic rings. The molecular formula is C26H31NO5. The van der Waals surface area contributed by atoms with E-state index in [1.807, 2.05) is 13.0 Å². The lowest BCUT2D eigenvalue weighted by Crippen LogP contribution is -2.99. The van der Waals surface area contributed by atoms with Gasteiger partial charge in [-0.3, -0.25) is 9.59 Å². The van der Waals surface area contributed by atoms with Gasteiger partial charge in [-0.25, -0.2) is 5.21 Å². The van der Waals surface area contributed by atoms with Crippen LogP contribution in [0.4, 0.5) is 5.69 Å². The zero-order valence-electron chi connectivity index (χ0n) is 19.1. The maximum absolute atomic E-state index is 13.4.